The lowest BCUT2D eigenvalue weighted by Gasteiger charge is -2.39. The van der Waals surface area contributed by atoms with Gasteiger partial charge in [0.05, 0.1) is 31.9 Å². The zero-order valence-electron chi connectivity index (χ0n) is 9.69. The minimum absolute atomic E-state index is 0.00192. The van der Waals surface area contributed by atoms with E-state index in [1.807, 2.05) is 11.8 Å². The Balaban J connectivity index is 2.69. The number of aliphatic hydroxyl groups excluding tert-OH is 1. The van der Waals surface area contributed by atoms with Crippen LogP contribution < -0.4 is 11.3 Å². The van der Waals surface area contributed by atoms with Gasteiger partial charge in [-0.3, -0.25) is 15.1 Å². The van der Waals surface area contributed by atoms with Crippen molar-refractivity contribution in [3.63, 3.8) is 0 Å². The van der Waals surface area contributed by atoms with Gasteiger partial charge in [-0.2, -0.15) is 0 Å². The van der Waals surface area contributed by atoms with Crippen molar-refractivity contribution in [2.24, 2.45) is 5.84 Å². The molecule has 0 spiro atoms. The molecule has 1 fully saturated rings. The topological polar surface area (TPSA) is 87.8 Å². The average molecular weight is 231 g/mol. The van der Waals surface area contributed by atoms with Crippen LogP contribution >= 0.6 is 0 Å². The van der Waals surface area contributed by atoms with Crippen molar-refractivity contribution in [3.05, 3.63) is 0 Å². The van der Waals surface area contributed by atoms with Crippen molar-refractivity contribution >= 4 is 5.91 Å². The first-order valence-corrected chi connectivity index (χ1v) is 5.69. The number of hydrazine groups is 1. The third-order valence-corrected chi connectivity index (χ3v) is 2.89. The fourth-order valence-corrected chi connectivity index (χ4v) is 2.05. The van der Waals surface area contributed by atoms with E-state index < -0.39 is 0 Å². The molecule has 94 valence electrons. The summed E-state index contributed by atoms with van der Waals surface area (Å²) in [5, 5.41) is 9.25. The molecule has 1 aliphatic heterocycles. The second kappa shape index (κ2) is 6.80. The second-order valence-electron chi connectivity index (χ2n) is 3.96. The highest BCUT2D eigenvalue weighted by Gasteiger charge is 2.32. The Kier molecular flexibility index (Phi) is 5.68. The van der Waals surface area contributed by atoms with Crippen LogP contribution in [0.5, 0.6) is 0 Å². The molecule has 0 saturated carbocycles. The van der Waals surface area contributed by atoms with Gasteiger partial charge in [-0.1, -0.05) is 13.3 Å². The largest absolute Gasteiger partial charge is 0.395 e. The lowest BCUT2D eigenvalue weighted by molar-refractivity contribution is -0.132. The Labute approximate surface area is 95.7 Å². The number of morpholine rings is 1. The third-order valence-electron chi connectivity index (χ3n) is 2.89. The number of carbonyl (C=O) groups excluding carboxylic acids is 1. The van der Waals surface area contributed by atoms with Gasteiger partial charge in [0.25, 0.3) is 5.91 Å². The van der Waals surface area contributed by atoms with Gasteiger partial charge in [-0.15, -0.1) is 0 Å². The standard InChI is InChI=1S/C10H21N3O3/c1-2-3-9(10(15)12-11)13-4-5-16-7-8(13)6-14/h8-9,14H,2-7,11H2,1H3,(H,12,15). The number of aliphatic hydroxyl groups is 1. The normalized spacial score (nSPS) is 24.1. The summed E-state index contributed by atoms with van der Waals surface area (Å²) >= 11 is 0. The lowest BCUT2D eigenvalue weighted by atomic mass is 10.1. The van der Waals surface area contributed by atoms with E-state index in [4.69, 9.17) is 10.6 Å². The first-order chi connectivity index (χ1) is 7.74. The molecular formula is C10H21N3O3. The maximum Gasteiger partial charge on any atom is 0.251 e. The summed E-state index contributed by atoms with van der Waals surface area (Å²) in [6, 6.07) is -0.376. The van der Waals surface area contributed by atoms with Crippen LogP contribution in [0.15, 0.2) is 0 Å². The molecule has 2 atom stereocenters. The number of nitrogens with zero attached hydrogens (tertiary/aromatic N) is 1. The van der Waals surface area contributed by atoms with Crippen molar-refractivity contribution in [2.45, 2.75) is 31.8 Å². The summed E-state index contributed by atoms with van der Waals surface area (Å²) in [7, 11) is 0. The summed E-state index contributed by atoms with van der Waals surface area (Å²) in [5.74, 6) is 4.98. The molecule has 0 aromatic heterocycles. The molecule has 1 saturated heterocycles. The molecule has 0 radical (unpaired) electrons. The van der Waals surface area contributed by atoms with Gasteiger partial charge >= 0.3 is 0 Å². The molecule has 0 aromatic rings. The number of hydrogen-bond donors (Lipinski definition) is 3. The van der Waals surface area contributed by atoms with Crippen LogP contribution in [-0.4, -0.2) is 54.4 Å². The van der Waals surface area contributed by atoms with Crippen LogP contribution in [0, 0.1) is 0 Å². The molecule has 1 amide bonds. The summed E-state index contributed by atoms with van der Waals surface area (Å²) in [5.41, 5.74) is 2.19. The second-order valence-corrected chi connectivity index (χ2v) is 3.96. The first-order valence-electron chi connectivity index (χ1n) is 5.69. The highest BCUT2D eigenvalue weighted by Crippen LogP contribution is 2.15. The van der Waals surface area contributed by atoms with E-state index >= 15 is 0 Å². The molecule has 0 aromatic carbocycles. The fraction of sp³-hybridized carbons (Fsp3) is 0.900. The van der Waals surface area contributed by atoms with E-state index in [2.05, 4.69) is 5.43 Å². The quantitative estimate of drug-likeness (QED) is 0.315. The molecule has 6 nitrogen and oxygen atoms in total. The maximum atomic E-state index is 11.7. The van der Waals surface area contributed by atoms with Crippen LogP contribution in [0.4, 0.5) is 0 Å². The third kappa shape index (κ3) is 3.15. The minimum Gasteiger partial charge on any atom is -0.395 e. The Morgan fingerprint density at radius 1 is 1.75 bits per heavy atom. The summed E-state index contributed by atoms with van der Waals surface area (Å²) in [6.45, 7) is 3.73. The molecule has 1 rings (SSSR count). The smallest absolute Gasteiger partial charge is 0.251 e. The lowest BCUT2D eigenvalue weighted by Crippen LogP contribution is -2.58. The highest BCUT2D eigenvalue weighted by molar-refractivity contribution is 5.81. The van der Waals surface area contributed by atoms with Gasteiger partial charge in [0.2, 0.25) is 0 Å². The Bertz CT molecular complexity index is 225. The summed E-state index contributed by atoms with van der Waals surface area (Å²) in [4.78, 5) is 13.6. The zero-order valence-corrected chi connectivity index (χ0v) is 9.69. The van der Waals surface area contributed by atoms with E-state index in [-0.39, 0.29) is 24.6 Å². The maximum absolute atomic E-state index is 11.7. The summed E-state index contributed by atoms with van der Waals surface area (Å²) in [6.07, 6.45) is 1.63. The predicted octanol–water partition coefficient (Wildman–Crippen LogP) is -1.16. The number of ether oxygens (including phenoxy) is 1. The van der Waals surface area contributed by atoms with E-state index in [1.54, 1.807) is 0 Å². The monoisotopic (exact) mass is 231 g/mol. The molecule has 0 aliphatic carbocycles. The van der Waals surface area contributed by atoms with E-state index in [0.717, 1.165) is 12.8 Å². The Morgan fingerprint density at radius 3 is 3.06 bits per heavy atom. The van der Waals surface area contributed by atoms with Gasteiger partial charge in [0.1, 0.15) is 0 Å². The number of hydrogen-bond acceptors (Lipinski definition) is 5. The number of carbonyl (C=O) groups is 1. The molecule has 2 unspecified atom stereocenters. The molecule has 4 N–H and O–H groups in total. The number of amides is 1. The molecule has 16 heavy (non-hydrogen) atoms. The van der Waals surface area contributed by atoms with Crippen molar-refractivity contribution < 1.29 is 14.6 Å². The molecule has 0 bridgehead atoms. The number of rotatable bonds is 5. The number of nitrogens with two attached hydrogens (primary N) is 1. The van der Waals surface area contributed by atoms with E-state index in [1.165, 1.54) is 0 Å². The van der Waals surface area contributed by atoms with Gasteiger partial charge in [0.15, 0.2) is 0 Å². The van der Waals surface area contributed by atoms with Gasteiger partial charge in [-0.25, -0.2) is 5.84 Å². The van der Waals surface area contributed by atoms with Crippen LogP contribution in [0.25, 0.3) is 0 Å². The zero-order chi connectivity index (χ0) is 12.0. The van der Waals surface area contributed by atoms with Crippen LogP contribution in [-0.2, 0) is 9.53 Å². The minimum atomic E-state index is -0.268. The Morgan fingerprint density at radius 2 is 2.50 bits per heavy atom. The van der Waals surface area contributed by atoms with Crippen LogP contribution in [0.3, 0.4) is 0 Å². The van der Waals surface area contributed by atoms with Crippen molar-refractivity contribution in [2.75, 3.05) is 26.4 Å². The highest BCUT2D eigenvalue weighted by atomic mass is 16.5. The van der Waals surface area contributed by atoms with E-state index in [0.29, 0.717) is 19.8 Å². The predicted molar refractivity (Wildman–Crippen MR) is 59.4 cm³/mol. The van der Waals surface area contributed by atoms with Gasteiger partial charge in [0, 0.05) is 6.54 Å². The van der Waals surface area contributed by atoms with Crippen LogP contribution in [0.2, 0.25) is 0 Å². The van der Waals surface area contributed by atoms with Gasteiger partial charge in [-0.05, 0) is 6.42 Å². The Hall–Kier alpha value is -0.690. The van der Waals surface area contributed by atoms with Crippen molar-refractivity contribution in [3.8, 4) is 0 Å². The molecule has 1 aliphatic rings. The van der Waals surface area contributed by atoms with Crippen LogP contribution in [0.1, 0.15) is 19.8 Å². The number of nitrogens with one attached hydrogen (secondary N) is 1. The average Bonchev–Trinajstić information content (AvgIpc) is 2.35. The molecule has 6 heteroatoms. The first kappa shape index (κ1) is 13.4. The van der Waals surface area contributed by atoms with Gasteiger partial charge < -0.3 is 9.84 Å². The van der Waals surface area contributed by atoms with Crippen molar-refractivity contribution in [1.29, 1.82) is 0 Å². The SMILES string of the molecule is CCCC(C(=O)NN)N1CCOCC1CO. The summed E-state index contributed by atoms with van der Waals surface area (Å²) < 4.78 is 5.28. The van der Waals surface area contributed by atoms with Crippen molar-refractivity contribution in [1.82, 2.24) is 10.3 Å². The van der Waals surface area contributed by atoms with E-state index in [9.17, 15) is 9.90 Å². The molecular weight excluding hydrogens is 210 g/mol. The molecule has 1 heterocycles. The fourth-order valence-electron chi connectivity index (χ4n) is 2.05.